The van der Waals surface area contributed by atoms with E-state index in [4.69, 9.17) is 4.98 Å². The summed E-state index contributed by atoms with van der Waals surface area (Å²) >= 11 is 3.41. The zero-order valence-electron chi connectivity index (χ0n) is 16.4. The van der Waals surface area contributed by atoms with Gasteiger partial charge < -0.3 is 0 Å². The summed E-state index contributed by atoms with van der Waals surface area (Å²) in [5, 5.41) is 2.24. The molecular formula is C23H22FN3S2. The lowest BCUT2D eigenvalue weighted by Gasteiger charge is -2.08. The molecule has 1 aromatic carbocycles. The third kappa shape index (κ3) is 3.53. The van der Waals surface area contributed by atoms with Gasteiger partial charge in [-0.05, 0) is 60.9 Å². The molecule has 5 rings (SSSR count). The molecule has 0 fully saturated rings. The van der Waals surface area contributed by atoms with Crippen molar-refractivity contribution in [3.8, 4) is 0 Å². The molecule has 29 heavy (non-hydrogen) atoms. The molecule has 6 heteroatoms. The molecule has 0 aliphatic heterocycles. The van der Waals surface area contributed by atoms with E-state index >= 15 is 0 Å². The maximum absolute atomic E-state index is 13.2. The predicted octanol–water partition coefficient (Wildman–Crippen LogP) is 6.50. The number of nitrogens with zero attached hydrogens (tertiary/aromatic N) is 3. The van der Waals surface area contributed by atoms with Gasteiger partial charge >= 0.3 is 0 Å². The molecule has 0 radical (unpaired) electrons. The molecule has 4 aromatic rings. The summed E-state index contributed by atoms with van der Waals surface area (Å²) in [5.74, 6) is 0.556. The molecule has 3 nitrogen and oxygen atoms in total. The zero-order chi connectivity index (χ0) is 19.8. The Labute approximate surface area is 177 Å². The highest BCUT2D eigenvalue weighted by atomic mass is 32.2. The van der Waals surface area contributed by atoms with Gasteiger partial charge in [-0.15, -0.1) is 23.1 Å². The average Bonchev–Trinajstić information content (AvgIpc) is 3.36. The van der Waals surface area contributed by atoms with Crippen LogP contribution >= 0.6 is 23.1 Å². The molecule has 0 saturated carbocycles. The smallest absolute Gasteiger partial charge is 0.126 e. The van der Waals surface area contributed by atoms with Crippen molar-refractivity contribution in [1.82, 2.24) is 15.0 Å². The fraction of sp³-hybridized carbons (Fsp3) is 0.348. The number of thioether (sulfide) groups is 1. The number of thiophene rings is 1. The summed E-state index contributed by atoms with van der Waals surface area (Å²) in [7, 11) is 0. The van der Waals surface area contributed by atoms with Crippen LogP contribution in [0.3, 0.4) is 0 Å². The number of fused-ring (bicyclic) bond motifs is 5. The second-order valence-electron chi connectivity index (χ2n) is 7.53. The van der Waals surface area contributed by atoms with E-state index in [1.165, 1.54) is 53.6 Å². The molecule has 0 bridgehead atoms. The van der Waals surface area contributed by atoms with Crippen molar-refractivity contribution < 1.29 is 4.39 Å². The third-order valence-electron chi connectivity index (χ3n) is 5.58. The van der Waals surface area contributed by atoms with E-state index in [1.807, 2.05) is 12.1 Å². The van der Waals surface area contributed by atoms with Crippen molar-refractivity contribution in [3.05, 3.63) is 58.8 Å². The van der Waals surface area contributed by atoms with Crippen LogP contribution in [-0.2, 0) is 25.0 Å². The third-order valence-corrected chi connectivity index (χ3v) is 7.85. The van der Waals surface area contributed by atoms with Crippen LogP contribution in [0.2, 0.25) is 0 Å². The van der Waals surface area contributed by atoms with E-state index in [-0.39, 0.29) is 5.82 Å². The Hall–Kier alpha value is -2.05. The van der Waals surface area contributed by atoms with Crippen molar-refractivity contribution in [1.29, 1.82) is 0 Å². The van der Waals surface area contributed by atoms with Crippen molar-refractivity contribution in [2.24, 2.45) is 0 Å². The molecule has 0 saturated heterocycles. The molecule has 3 aromatic heterocycles. The SMILES string of the molecule is CCCCc1nc2sc3c(SCc4ccc(F)cc4)ncnc3c2c2c1CCC2. The molecule has 0 unspecified atom stereocenters. The van der Waals surface area contributed by atoms with Crippen LogP contribution in [-0.4, -0.2) is 15.0 Å². The Balaban J connectivity index is 1.57. The molecule has 1 aliphatic rings. The molecule has 0 atom stereocenters. The number of unbranched alkanes of at least 4 members (excludes halogenated alkanes) is 1. The summed E-state index contributed by atoms with van der Waals surface area (Å²) in [6, 6.07) is 6.69. The van der Waals surface area contributed by atoms with E-state index in [9.17, 15) is 4.39 Å². The van der Waals surface area contributed by atoms with Gasteiger partial charge in [-0.2, -0.15) is 0 Å². The van der Waals surface area contributed by atoms with Crippen molar-refractivity contribution >= 4 is 43.5 Å². The van der Waals surface area contributed by atoms with Crippen LogP contribution in [0.4, 0.5) is 4.39 Å². The number of rotatable bonds is 6. The van der Waals surface area contributed by atoms with Gasteiger partial charge in [-0.3, -0.25) is 0 Å². The van der Waals surface area contributed by atoms with Gasteiger partial charge in [0.1, 0.15) is 22.0 Å². The van der Waals surface area contributed by atoms with Crippen LogP contribution in [0.25, 0.3) is 20.4 Å². The maximum atomic E-state index is 13.2. The maximum Gasteiger partial charge on any atom is 0.126 e. The Kier molecular flexibility index (Phi) is 5.22. The molecule has 148 valence electrons. The molecule has 3 heterocycles. The fourth-order valence-corrected chi connectivity index (χ4v) is 6.35. The van der Waals surface area contributed by atoms with Crippen LogP contribution in [0.5, 0.6) is 0 Å². The number of aromatic nitrogens is 3. The van der Waals surface area contributed by atoms with Gasteiger partial charge in [0.15, 0.2) is 0 Å². The minimum absolute atomic E-state index is 0.202. The average molecular weight is 424 g/mol. The lowest BCUT2D eigenvalue weighted by atomic mass is 10.0. The highest BCUT2D eigenvalue weighted by Gasteiger charge is 2.24. The largest absolute Gasteiger partial charge is 0.242 e. The van der Waals surface area contributed by atoms with Crippen molar-refractivity contribution in [3.63, 3.8) is 0 Å². The molecule has 1 aliphatic carbocycles. The van der Waals surface area contributed by atoms with Crippen LogP contribution in [0, 0.1) is 5.82 Å². The predicted molar refractivity (Wildman–Crippen MR) is 119 cm³/mol. The minimum Gasteiger partial charge on any atom is -0.242 e. The number of aryl methyl sites for hydroxylation is 2. The summed E-state index contributed by atoms with van der Waals surface area (Å²) in [5.41, 5.74) is 6.39. The number of hydrogen-bond donors (Lipinski definition) is 0. The Bertz CT molecular complexity index is 1180. The second kappa shape index (κ2) is 8.00. The van der Waals surface area contributed by atoms with E-state index in [1.54, 1.807) is 29.4 Å². The zero-order valence-corrected chi connectivity index (χ0v) is 18.0. The monoisotopic (exact) mass is 423 g/mol. The number of pyridine rings is 1. The van der Waals surface area contributed by atoms with E-state index in [0.29, 0.717) is 0 Å². The van der Waals surface area contributed by atoms with Gasteiger partial charge in [0.05, 0.1) is 10.2 Å². The van der Waals surface area contributed by atoms with Gasteiger partial charge in [-0.25, -0.2) is 19.3 Å². The second-order valence-corrected chi connectivity index (χ2v) is 9.49. The van der Waals surface area contributed by atoms with Crippen LogP contribution < -0.4 is 0 Å². The topological polar surface area (TPSA) is 38.7 Å². The quantitative estimate of drug-likeness (QED) is 0.262. The minimum atomic E-state index is -0.202. The van der Waals surface area contributed by atoms with E-state index < -0.39 is 0 Å². The number of benzene rings is 1. The van der Waals surface area contributed by atoms with Crippen LogP contribution in [0.15, 0.2) is 35.6 Å². The molecule has 0 spiro atoms. The number of hydrogen-bond acceptors (Lipinski definition) is 5. The van der Waals surface area contributed by atoms with Gasteiger partial charge in [0, 0.05) is 16.8 Å². The van der Waals surface area contributed by atoms with Gasteiger partial charge in [-0.1, -0.05) is 25.5 Å². The van der Waals surface area contributed by atoms with Crippen molar-refractivity contribution in [2.75, 3.05) is 0 Å². The fourth-order valence-electron chi connectivity index (χ4n) is 4.14. The first-order chi connectivity index (χ1) is 14.2. The van der Waals surface area contributed by atoms with E-state index in [2.05, 4.69) is 16.9 Å². The first-order valence-electron chi connectivity index (χ1n) is 10.2. The normalized spacial score (nSPS) is 13.4. The lowest BCUT2D eigenvalue weighted by molar-refractivity contribution is 0.627. The lowest BCUT2D eigenvalue weighted by Crippen LogP contribution is -1.98. The standard InChI is InChI=1S/C23H22FN3S2/c1-2-3-7-18-16-5-4-6-17(16)19-20-21(29-22(19)27-18)23(26-13-25-20)28-12-14-8-10-15(24)11-9-14/h8-11,13H,2-7,12H2,1H3. The summed E-state index contributed by atoms with van der Waals surface area (Å²) in [6.45, 7) is 2.23. The Morgan fingerprint density at radius 2 is 1.93 bits per heavy atom. The molecule has 0 N–H and O–H groups in total. The Morgan fingerprint density at radius 1 is 1.10 bits per heavy atom. The first kappa shape index (κ1) is 18.9. The highest BCUT2D eigenvalue weighted by Crippen LogP contribution is 2.42. The van der Waals surface area contributed by atoms with Gasteiger partial charge in [0.2, 0.25) is 0 Å². The van der Waals surface area contributed by atoms with Crippen molar-refractivity contribution in [2.45, 2.75) is 56.2 Å². The van der Waals surface area contributed by atoms with Crippen LogP contribution in [0.1, 0.15) is 48.6 Å². The molecular weight excluding hydrogens is 401 g/mol. The first-order valence-corrected chi connectivity index (χ1v) is 12.0. The van der Waals surface area contributed by atoms with Gasteiger partial charge in [0.25, 0.3) is 0 Å². The molecule has 0 amide bonds. The van der Waals surface area contributed by atoms with E-state index in [0.717, 1.165) is 50.7 Å². The summed E-state index contributed by atoms with van der Waals surface area (Å²) in [4.78, 5) is 15.4. The number of halogens is 1. The highest BCUT2D eigenvalue weighted by molar-refractivity contribution is 7.98. The Morgan fingerprint density at radius 3 is 2.76 bits per heavy atom. The summed E-state index contributed by atoms with van der Waals surface area (Å²) in [6.07, 6.45) is 8.61. The summed E-state index contributed by atoms with van der Waals surface area (Å²) < 4.78 is 14.3.